The van der Waals surface area contributed by atoms with Crippen LogP contribution in [0.1, 0.15) is 43.4 Å². The van der Waals surface area contributed by atoms with Crippen molar-refractivity contribution in [3.8, 4) is 0 Å². The highest BCUT2D eigenvalue weighted by molar-refractivity contribution is 5.47. The van der Waals surface area contributed by atoms with E-state index in [0.717, 1.165) is 32.0 Å². The van der Waals surface area contributed by atoms with E-state index in [9.17, 15) is 13.9 Å². The molecule has 1 atom stereocenters. The number of fused-ring (bicyclic) bond motifs is 1. The minimum atomic E-state index is -1.16. The lowest BCUT2D eigenvalue weighted by molar-refractivity contribution is -0.116. The second kappa shape index (κ2) is 4.75. The first-order valence-electron chi connectivity index (χ1n) is 7.70. The van der Waals surface area contributed by atoms with Crippen LogP contribution in [0.5, 0.6) is 0 Å². The molecule has 0 saturated carbocycles. The van der Waals surface area contributed by atoms with Gasteiger partial charge in [0.1, 0.15) is 11.6 Å². The molecule has 2 N–H and O–H groups in total. The van der Waals surface area contributed by atoms with Gasteiger partial charge in [-0.2, -0.15) is 0 Å². The van der Waals surface area contributed by atoms with Crippen molar-refractivity contribution in [1.29, 1.82) is 0 Å². The second-order valence-corrected chi connectivity index (χ2v) is 7.17. The molecule has 2 aliphatic rings. The SMILES string of the molecule is Cc1c(F)cc(F)c2c1C(O)(C1CCNCC1)C(C)(C)C2. The summed E-state index contributed by atoms with van der Waals surface area (Å²) in [5.74, 6) is -1.04. The summed E-state index contributed by atoms with van der Waals surface area (Å²) in [6.07, 6.45) is 2.11. The molecule has 1 aromatic rings. The van der Waals surface area contributed by atoms with Crippen molar-refractivity contribution in [1.82, 2.24) is 5.32 Å². The standard InChI is InChI=1S/C17H23F2NO/c1-10-13(18)8-14(19)12-9-16(2,3)17(21,15(10)12)11-4-6-20-7-5-11/h8,11,20-21H,4-7,9H2,1-3H3. The molecule has 1 fully saturated rings. The number of nitrogens with one attached hydrogen (secondary N) is 1. The van der Waals surface area contributed by atoms with E-state index < -0.39 is 22.7 Å². The molecule has 1 unspecified atom stereocenters. The maximum absolute atomic E-state index is 14.2. The molecular weight excluding hydrogens is 272 g/mol. The number of benzene rings is 1. The number of rotatable bonds is 1. The molecule has 4 heteroatoms. The van der Waals surface area contributed by atoms with Crippen molar-refractivity contribution in [3.05, 3.63) is 34.4 Å². The van der Waals surface area contributed by atoms with Crippen LogP contribution < -0.4 is 5.32 Å². The van der Waals surface area contributed by atoms with Crippen LogP contribution in [0.15, 0.2) is 6.07 Å². The van der Waals surface area contributed by atoms with E-state index >= 15 is 0 Å². The summed E-state index contributed by atoms with van der Waals surface area (Å²) in [7, 11) is 0. The third-order valence-electron chi connectivity index (χ3n) is 5.54. The zero-order valence-corrected chi connectivity index (χ0v) is 12.9. The summed E-state index contributed by atoms with van der Waals surface area (Å²) in [6, 6.07) is 0.957. The minimum absolute atomic E-state index is 0.0369. The molecule has 0 amide bonds. The molecule has 1 aliphatic carbocycles. The summed E-state index contributed by atoms with van der Waals surface area (Å²) in [5.41, 5.74) is -0.233. The van der Waals surface area contributed by atoms with Gasteiger partial charge in [-0.25, -0.2) is 8.78 Å². The van der Waals surface area contributed by atoms with Gasteiger partial charge in [-0.3, -0.25) is 0 Å². The predicted octanol–water partition coefficient (Wildman–Crippen LogP) is 3.04. The Balaban J connectivity index is 2.21. The number of hydrogen-bond donors (Lipinski definition) is 2. The lowest BCUT2D eigenvalue weighted by Crippen LogP contribution is -2.49. The van der Waals surface area contributed by atoms with Crippen molar-refractivity contribution in [2.24, 2.45) is 11.3 Å². The monoisotopic (exact) mass is 295 g/mol. The molecular formula is C17H23F2NO. The summed E-state index contributed by atoms with van der Waals surface area (Å²) in [6.45, 7) is 7.27. The maximum Gasteiger partial charge on any atom is 0.129 e. The quantitative estimate of drug-likeness (QED) is 0.834. The smallest absolute Gasteiger partial charge is 0.129 e. The Hall–Kier alpha value is -1.00. The maximum atomic E-state index is 14.2. The Morgan fingerprint density at radius 3 is 2.43 bits per heavy atom. The van der Waals surface area contributed by atoms with Gasteiger partial charge in [-0.1, -0.05) is 13.8 Å². The van der Waals surface area contributed by atoms with Crippen LogP contribution in [-0.2, 0) is 12.0 Å². The molecule has 0 spiro atoms. The first-order chi connectivity index (χ1) is 9.79. The average Bonchev–Trinajstić information content (AvgIpc) is 2.66. The Kier molecular flexibility index (Phi) is 3.37. The lowest BCUT2D eigenvalue weighted by atomic mass is 9.65. The Labute approximate surface area is 124 Å². The van der Waals surface area contributed by atoms with Crippen LogP contribution in [0.2, 0.25) is 0 Å². The molecule has 0 aromatic heterocycles. The van der Waals surface area contributed by atoms with Gasteiger partial charge in [0.15, 0.2) is 0 Å². The third-order valence-corrected chi connectivity index (χ3v) is 5.54. The second-order valence-electron chi connectivity index (χ2n) is 7.17. The molecule has 0 bridgehead atoms. The van der Waals surface area contributed by atoms with Crippen molar-refractivity contribution >= 4 is 0 Å². The van der Waals surface area contributed by atoms with E-state index in [1.165, 1.54) is 0 Å². The van der Waals surface area contributed by atoms with Gasteiger partial charge < -0.3 is 10.4 Å². The van der Waals surface area contributed by atoms with Gasteiger partial charge in [0.2, 0.25) is 0 Å². The fourth-order valence-electron chi connectivity index (χ4n) is 4.37. The van der Waals surface area contributed by atoms with E-state index in [-0.39, 0.29) is 5.92 Å². The zero-order chi connectivity index (χ0) is 15.4. The van der Waals surface area contributed by atoms with Crippen LogP contribution in [0.4, 0.5) is 8.78 Å². The molecule has 0 radical (unpaired) electrons. The van der Waals surface area contributed by atoms with Gasteiger partial charge in [0.25, 0.3) is 0 Å². The van der Waals surface area contributed by atoms with Crippen molar-refractivity contribution < 1.29 is 13.9 Å². The van der Waals surface area contributed by atoms with Crippen LogP contribution in [-0.4, -0.2) is 18.2 Å². The Morgan fingerprint density at radius 2 is 1.81 bits per heavy atom. The number of hydrogen-bond acceptors (Lipinski definition) is 2. The largest absolute Gasteiger partial charge is 0.384 e. The first-order valence-corrected chi connectivity index (χ1v) is 7.70. The Morgan fingerprint density at radius 1 is 1.19 bits per heavy atom. The molecule has 1 aromatic carbocycles. The van der Waals surface area contributed by atoms with Crippen LogP contribution in [0, 0.1) is 29.9 Å². The molecule has 1 aliphatic heterocycles. The van der Waals surface area contributed by atoms with Gasteiger partial charge in [-0.15, -0.1) is 0 Å². The topological polar surface area (TPSA) is 32.3 Å². The highest BCUT2D eigenvalue weighted by Gasteiger charge is 2.57. The van der Waals surface area contributed by atoms with Crippen molar-refractivity contribution in [2.75, 3.05) is 13.1 Å². The average molecular weight is 295 g/mol. The van der Waals surface area contributed by atoms with Crippen LogP contribution >= 0.6 is 0 Å². The molecule has 21 heavy (non-hydrogen) atoms. The lowest BCUT2D eigenvalue weighted by Gasteiger charge is -2.46. The third kappa shape index (κ3) is 1.95. The van der Waals surface area contributed by atoms with E-state index in [2.05, 4.69) is 5.32 Å². The first kappa shape index (κ1) is 14.9. The molecule has 1 saturated heterocycles. The summed E-state index contributed by atoms with van der Waals surface area (Å²) in [4.78, 5) is 0. The van der Waals surface area contributed by atoms with Crippen LogP contribution in [0.3, 0.4) is 0 Å². The number of halogens is 2. The van der Waals surface area contributed by atoms with E-state index in [1.54, 1.807) is 6.92 Å². The highest BCUT2D eigenvalue weighted by atomic mass is 19.1. The van der Waals surface area contributed by atoms with E-state index in [4.69, 9.17) is 0 Å². The van der Waals surface area contributed by atoms with Crippen molar-refractivity contribution in [2.45, 2.75) is 45.6 Å². The Bertz CT molecular complexity index is 579. The number of piperidine rings is 1. The van der Waals surface area contributed by atoms with Crippen LogP contribution in [0.25, 0.3) is 0 Å². The van der Waals surface area contributed by atoms with Gasteiger partial charge >= 0.3 is 0 Å². The van der Waals surface area contributed by atoms with Crippen molar-refractivity contribution in [3.63, 3.8) is 0 Å². The summed E-state index contributed by atoms with van der Waals surface area (Å²) >= 11 is 0. The molecule has 3 rings (SSSR count). The molecule has 116 valence electrons. The minimum Gasteiger partial charge on any atom is -0.384 e. The number of aliphatic hydroxyl groups is 1. The fraction of sp³-hybridized carbons (Fsp3) is 0.647. The van der Waals surface area contributed by atoms with E-state index in [0.29, 0.717) is 23.1 Å². The molecule has 1 heterocycles. The summed E-state index contributed by atoms with van der Waals surface area (Å²) < 4.78 is 28.3. The van der Waals surface area contributed by atoms with Gasteiger partial charge in [-0.05, 0) is 61.9 Å². The van der Waals surface area contributed by atoms with E-state index in [1.807, 2.05) is 13.8 Å². The summed E-state index contributed by atoms with van der Waals surface area (Å²) in [5, 5.41) is 14.8. The zero-order valence-electron chi connectivity index (χ0n) is 12.9. The highest BCUT2D eigenvalue weighted by Crippen LogP contribution is 2.57. The normalized spacial score (nSPS) is 28.7. The fourth-order valence-corrected chi connectivity index (χ4v) is 4.37. The van der Waals surface area contributed by atoms with Gasteiger partial charge in [0.05, 0.1) is 5.60 Å². The van der Waals surface area contributed by atoms with Gasteiger partial charge in [0, 0.05) is 11.5 Å². The predicted molar refractivity (Wildman–Crippen MR) is 78.1 cm³/mol. The molecule has 2 nitrogen and oxygen atoms in total.